The quantitative estimate of drug-likeness (QED) is 0.455. The third-order valence-corrected chi connectivity index (χ3v) is 2.04. The number of hydrogen-bond acceptors (Lipinski definition) is 2. The van der Waals surface area contributed by atoms with Crippen LogP contribution in [0.5, 0.6) is 0 Å². The normalized spacial score (nSPS) is 30.3. The zero-order valence-electron chi connectivity index (χ0n) is 6.93. The van der Waals surface area contributed by atoms with Crippen LogP contribution in [0.4, 0.5) is 0 Å². The van der Waals surface area contributed by atoms with Gasteiger partial charge in [0.15, 0.2) is 0 Å². The molecule has 1 aliphatic rings. The average Bonchev–Trinajstić information content (AvgIpc) is 2.36. The molecule has 2 nitrogen and oxygen atoms in total. The standard InChI is InChI=1S/C9H14O2/c1-8(2)5-9(6-10)3-4-11-7-9/h6H,1,3-5,7H2,2H3. The van der Waals surface area contributed by atoms with Gasteiger partial charge in [0.1, 0.15) is 6.29 Å². The van der Waals surface area contributed by atoms with Gasteiger partial charge in [0.2, 0.25) is 0 Å². The fraction of sp³-hybridized carbons (Fsp3) is 0.667. The third-order valence-electron chi connectivity index (χ3n) is 2.04. The highest BCUT2D eigenvalue weighted by Gasteiger charge is 2.34. The van der Waals surface area contributed by atoms with Gasteiger partial charge in [-0.05, 0) is 19.8 Å². The van der Waals surface area contributed by atoms with Gasteiger partial charge in [-0.15, -0.1) is 6.58 Å². The first-order chi connectivity index (χ1) is 5.18. The third kappa shape index (κ3) is 1.90. The molecule has 1 saturated heterocycles. The molecule has 11 heavy (non-hydrogen) atoms. The SMILES string of the molecule is C=C(C)CC1(C=O)CCOC1. The van der Waals surface area contributed by atoms with Crippen LogP contribution in [0, 0.1) is 5.41 Å². The second-order valence-corrected chi connectivity index (χ2v) is 3.42. The lowest BCUT2D eigenvalue weighted by Crippen LogP contribution is -2.22. The molecule has 0 aliphatic carbocycles. The van der Waals surface area contributed by atoms with Crippen LogP contribution in [-0.4, -0.2) is 19.5 Å². The summed E-state index contributed by atoms with van der Waals surface area (Å²) in [4.78, 5) is 10.7. The molecular weight excluding hydrogens is 140 g/mol. The van der Waals surface area contributed by atoms with E-state index in [-0.39, 0.29) is 5.41 Å². The Labute approximate surface area is 67.2 Å². The number of hydrogen-bond donors (Lipinski definition) is 0. The first-order valence-electron chi connectivity index (χ1n) is 3.87. The molecule has 0 bridgehead atoms. The van der Waals surface area contributed by atoms with Crippen molar-refractivity contribution in [3.63, 3.8) is 0 Å². The molecule has 2 heteroatoms. The zero-order chi connectivity index (χ0) is 8.32. The Bertz CT molecular complexity index is 166. The molecule has 62 valence electrons. The second-order valence-electron chi connectivity index (χ2n) is 3.42. The van der Waals surface area contributed by atoms with Crippen molar-refractivity contribution in [3.8, 4) is 0 Å². The summed E-state index contributed by atoms with van der Waals surface area (Å²) in [6.45, 7) is 7.03. The van der Waals surface area contributed by atoms with Crippen molar-refractivity contribution in [1.82, 2.24) is 0 Å². The monoisotopic (exact) mass is 154 g/mol. The number of aldehydes is 1. The van der Waals surface area contributed by atoms with Crippen LogP contribution >= 0.6 is 0 Å². The van der Waals surface area contributed by atoms with Gasteiger partial charge in [-0.3, -0.25) is 0 Å². The fourth-order valence-electron chi connectivity index (χ4n) is 1.50. The Morgan fingerprint density at radius 2 is 2.55 bits per heavy atom. The molecule has 0 saturated carbocycles. The highest BCUT2D eigenvalue weighted by Crippen LogP contribution is 2.32. The Morgan fingerprint density at radius 3 is 2.91 bits per heavy atom. The Hall–Kier alpha value is -0.630. The van der Waals surface area contributed by atoms with E-state index in [4.69, 9.17) is 4.74 Å². The van der Waals surface area contributed by atoms with Crippen LogP contribution in [0.15, 0.2) is 12.2 Å². The van der Waals surface area contributed by atoms with Crippen molar-refractivity contribution in [1.29, 1.82) is 0 Å². The molecule has 1 rings (SSSR count). The molecule has 1 aliphatic heterocycles. The maximum atomic E-state index is 10.7. The Kier molecular flexibility index (Phi) is 2.45. The van der Waals surface area contributed by atoms with E-state index in [1.165, 1.54) is 0 Å². The van der Waals surface area contributed by atoms with Gasteiger partial charge in [0, 0.05) is 6.61 Å². The van der Waals surface area contributed by atoms with Gasteiger partial charge >= 0.3 is 0 Å². The van der Waals surface area contributed by atoms with Crippen molar-refractivity contribution in [2.45, 2.75) is 19.8 Å². The van der Waals surface area contributed by atoms with E-state index < -0.39 is 0 Å². The average molecular weight is 154 g/mol. The topological polar surface area (TPSA) is 26.3 Å². The summed E-state index contributed by atoms with van der Waals surface area (Å²) in [5, 5.41) is 0. The van der Waals surface area contributed by atoms with Gasteiger partial charge in [-0.1, -0.05) is 5.57 Å². The summed E-state index contributed by atoms with van der Waals surface area (Å²) in [6.07, 6.45) is 2.65. The van der Waals surface area contributed by atoms with Crippen LogP contribution in [0.1, 0.15) is 19.8 Å². The van der Waals surface area contributed by atoms with Crippen LogP contribution in [0.2, 0.25) is 0 Å². The lowest BCUT2D eigenvalue weighted by molar-refractivity contribution is -0.116. The number of carbonyl (C=O) groups excluding carboxylic acids is 1. The smallest absolute Gasteiger partial charge is 0.128 e. The van der Waals surface area contributed by atoms with Crippen LogP contribution in [0.25, 0.3) is 0 Å². The molecule has 1 unspecified atom stereocenters. The van der Waals surface area contributed by atoms with E-state index in [1.54, 1.807) is 0 Å². The molecule has 0 aromatic rings. The van der Waals surface area contributed by atoms with Crippen molar-refractivity contribution in [2.24, 2.45) is 5.41 Å². The Morgan fingerprint density at radius 1 is 1.82 bits per heavy atom. The first-order valence-corrected chi connectivity index (χ1v) is 3.87. The largest absolute Gasteiger partial charge is 0.380 e. The van der Waals surface area contributed by atoms with E-state index in [9.17, 15) is 4.79 Å². The van der Waals surface area contributed by atoms with Gasteiger partial charge in [-0.25, -0.2) is 0 Å². The van der Waals surface area contributed by atoms with Gasteiger partial charge in [0.25, 0.3) is 0 Å². The van der Waals surface area contributed by atoms with Crippen molar-refractivity contribution in [3.05, 3.63) is 12.2 Å². The maximum Gasteiger partial charge on any atom is 0.128 e. The summed E-state index contributed by atoms with van der Waals surface area (Å²) in [5.74, 6) is 0. The molecule has 1 atom stereocenters. The molecule has 1 fully saturated rings. The lowest BCUT2D eigenvalue weighted by atomic mass is 9.83. The van der Waals surface area contributed by atoms with Gasteiger partial charge in [-0.2, -0.15) is 0 Å². The molecule has 0 aromatic heterocycles. The molecular formula is C9H14O2. The summed E-state index contributed by atoms with van der Waals surface area (Å²) in [7, 11) is 0. The summed E-state index contributed by atoms with van der Waals surface area (Å²) < 4.78 is 5.18. The van der Waals surface area contributed by atoms with Crippen LogP contribution in [0.3, 0.4) is 0 Å². The van der Waals surface area contributed by atoms with Crippen molar-refractivity contribution < 1.29 is 9.53 Å². The minimum atomic E-state index is -0.244. The van der Waals surface area contributed by atoms with Gasteiger partial charge in [0.05, 0.1) is 12.0 Å². The summed E-state index contributed by atoms with van der Waals surface area (Å²) in [5.41, 5.74) is 0.814. The number of allylic oxidation sites excluding steroid dienone is 1. The predicted octanol–water partition coefficient (Wildman–Crippen LogP) is 1.56. The molecule has 0 N–H and O–H groups in total. The van der Waals surface area contributed by atoms with Crippen LogP contribution in [-0.2, 0) is 9.53 Å². The van der Waals surface area contributed by atoms with Crippen LogP contribution < -0.4 is 0 Å². The van der Waals surface area contributed by atoms with Crippen molar-refractivity contribution in [2.75, 3.05) is 13.2 Å². The van der Waals surface area contributed by atoms with E-state index >= 15 is 0 Å². The molecule has 0 amide bonds. The van der Waals surface area contributed by atoms with E-state index in [2.05, 4.69) is 6.58 Å². The molecule has 0 radical (unpaired) electrons. The van der Waals surface area contributed by atoms with E-state index in [0.717, 1.165) is 24.7 Å². The number of carbonyl (C=O) groups is 1. The summed E-state index contributed by atoms with van der Waals surface area (Å²) in [6, 6.07) is 0. The lowest BCUT2D eigenvalue weighted by Gasteiger charge is -2.19. The van der Waals surface area contributed by atoms with Crippen molar-refractivity contribution >= 4 is 6.29 Å². The molecule has 0 aromatic carbocycles. The first kappa shape index (κ1) is 8.47. The van der Waals surface area contributed by atoms with Gasteiger partial charge < -0.3 is 9.53 Å². The number of ether oxygens (including phenoxy) is 1. The van der Waals surface area contributed by atoms with E-state index in [0.29, 0.717) is 13.2 Å². The van der Waals surface area contributed by atoms with E-state index in [1.807, 2.05) is 6.92 Å². The fourth-order valence-corrected chi connectivity index (χ4v) is 1.50. The molecule has 1 heterocycles. The summed E-state index contributed by atoms with van der Waals surface area (Å²) >= 11 is 0. The highest BCUT2D eigenvalue weighted by molar-refractivity contribution is 5.60. The number of rotatable bonds is 3. The maximum absolute atomic E-state index is 10.7. The zero-order valence-corrected chi connectivity index (χ0v) is 6.93. The highest BCUT2D eigenvalue weighted by atomic mass is 16.5. The second kappa shape index (κ2) is 3.18. The Balaban J connectivity index is 2.59. The molecule has 0 spiro atoms. The minimum Gasteiger partial charge on any atom is -0.380 e. The minimum absolute atomic E-state index is 0.244. The predicted molar refractivity (Wildman–Crippen MR) is 43.4 cm³/mol.